The first kappa shape index (κ1) is 21.5. The van der Waals surface area contributed by atoms with E-state index in [0.29, 0.717) is 36.4 Å². The first-order chi connectivity index (χ1) is 17.0. The number of rotatable bonds is 3. The Bertz CT molecular complexity index is 1460. The molecule has 4 amide bonds. The summed E-state index contributed by atoms with van der Waals surface area (Å²) in [6, 6.07) is 11.7. The van der Waals surface area contributed by atoms with E-state index in [4.69, 9.17) is 4.98 Å². The Balaban J connectivity index is 1.63. The van der Waals surface area contributed by atoms with Crippen LogP contribution < -0.4 is 15.8 Å². The lowest BCUT2D eigenvalue weighted by atomic mass is 9.65. The van der Waals surface area contributed by atoms with Crippen LogP contribution in [0.1, 0.15) is 42.5 Å². The molecule has 5 heterocycles. The number of barbiturate groups is 1. The van der Waals surface area contributed by atoms with Crippen molar-refractivity contribution in [3.05, 3.63) is 75.7 Å². The molecular formula is C26H25N5O4. The summed E-state index contributed by atoms with van der Waals surface area (Å²) in [6.45, 7) is 2.68. The van der Waals surface area contributed by atoms with Gasteiger partial charge >= 0.3 is 6.03 Å². The number of aromatic nitrogens is 2. The third kappa shape index (κ3) is 2.90. The van der Waals surface area contributed by atoms with E-state index in [-0.39, 0.29) is 18.5 Å². The molecule has 0 unspecified atom stereocenters. The van der Waals surface area contributed by atoms with Crippen LogP contribution in [0.15, 0.2) is 53.5 Å². The van der Waals surface area contributed by atoms with Gasteiger partial charge in [-0.3, -0.25) is 29.0 Å². The highest BCUT2D eigenvalue weighted by Gasteiger charge is 2.64. The summed E-state index contributed by atoms with van der Waals surface area (Å²) in [6.07, 6.45) is 3.61. The van der Waals surface area contributed by atoms with E-state index in [1.54, 1.807) is 18.3 Å². The molecule has 35 heavy (non-hydrogen) atoms. The number of amides is 4. The van der Waals surface area contributed by atoms with Crippen LogP contribution in [0.2, 0.25) is 0 Å². The lowest BCUT2D eigenvalue weighted by Crippen LogP contribution is -2.70. The fraction of sp³-hybridized carbons (Fsp3) is 0.346. The number of carbonyl (C=O) groups is 3. The number of fused-ring (bicyclic) bond motifs is 7. The molecule has 3 aliphatic heterocycles. The zero-order chi connectivity index (χ0) is 24.3. The van der Waals surface area contributed by atoms with Gasteiger partial charge in [-0.1, -0.05) is 43.7 Å². The Hall–Kier alpha value is -4.01. The number of anilines is 1. The third-order valence-electron chi connectivity index (χ3n) is 7.52. The van der Waals surface area contributed by atoms with E-state index in [1.807, 2.05) is 42.2 Å². The summed E-state index contributed by atoms with van der Waals surface area (Å²) in [5.74, 6) is -0.700. The van der Waals surface area contributed by atoms with Gasteiger partial charge in [-0.05, 0) is 36.1 Å². The summed E-state index contributed by atoms with van der Waals surface area (Å²) in [7, 11) is 0. The summed E-state index contributed by atoms with van der Waals surface area (Å²) in [5.41, 5.74) is 0.760. The zero-order valence-corrected chi connectivity index (χ0v) is 19.4. The smallest absolute Gasteiger partial charge is 0.330 e. The molecule has 1 saturated heterocycles. The molecule has 2 aromatic heterocycles. The predicted octanol–water partition coefficient (Wildman–Crippen LogP) is 2.22. The van der Waals surface area contributed by atoms with Crippen molar-refractivity contribution in [1.82, 2.24) is 19.6 Å². The standard InChI is InChI=1S/C26H25N5O4/c1-2-3-12-31-24(34)26(23(33)28-25(31)35)15-18-21(27-19-10-6-7-13-29(19)22(18)32)30-14-11-16-8-4-5-9-17(16)20(26)30/h4-10,13,20H,2-3,11-12,14-15H2,1H3,(H,28,33,35)/t20-,26+/m1/s1. The second kappa shape index (κ2) is 7.76. The molecule has 0 aliphatic carbocycles. The van der Waals surface area contributed by atoms with Gasteiger partial charge in [-0.2, -0.15) is 0 Å². The van der Waals surface area contributed by atoms with Crippen LogP contribution in [0.4, 0.5) is 10.6 Å². The zero-order valence-electron chi connectivity index (χ0n) is 19.4. The molecule has 178 valence electrons. The molecule has 9 nitrogen and oxygen atoms in total. The summed E-state index contributed by atoms with van der Waals surface area (Å²) >= 11 is 0. The van der Waals surface area contributed by atoms with E-state index in [9.17, 15) is 19.2 Å². The number of hydrogen-bond acceptors (Lipinski definition) is 6. The third-order valence-corrected chi connectivity index (χ3v) is 7.52. The Morgan fingerprint density at radius 3 is 2.71 bits per heavy atom. The minimum Gasteiger partial charge on any atom is -0.347 e. The van der Waals surface area contributed by atoms with Gasteiger partial charge in [0.05, 0.1) is 11.6 Å². The molecule has 1 fully saturated rings. The fourth-order valence-corrected chi connectivity index (χ4v) is 5.83. The Labute approximate surface area is 201 Å². The average Bonchev–Trinajstić information content (AvgIpc) is 2.87. The number of benzene rings is 1. The van der Waals surface area contributed by atoms with Crippen molar-refractivity contribution >= 4 is 29.3 Å². The van der Waals surface area contributed by atoms with Crippen LogP contribution in [0.25, 0.3) is 5.65 Å². The van der Waals surface area contributed by atoms with Gasteiger partial charge in [0.15, 0.2) is 5.41 Å². The van der Waals surface area contributed by atoms with E-state index in [0.717, 1.165) is 22.4 Å². The van der Waals surface area contributed by atoms with Crippen LogP contribution in [-0.2, 0) is 22.4 Å². The summed E-state index contributed by atoms with van der Waals surface area (Å²) in [5, 5.41) is 2.45. The van der Waals surface area contributed by atoms with E-state index < -0.39 is 29.3 Å². The lowest BCUT2D eigenvalue weighted by molar-refractivity contribution is -0.154. The molecule has 1 spiro atoms. The SMILES string of the molecule is CCCCN1C(=O)NC(=O)[C@@]2(Cc3c(nc4ccccn4c3=O)N3CCc4ccccc4[C@@H]32)C1=O. The van der Waals surface area contributed by atoms with Gasteiger partial charge in [0.2, 0.25) is 11.8 Å². The molecule has 1 aromatic carbocycles. The molecule has 9 heteroatoms. The maximum atomic E-state index is 14.2. The molecular weight excluding hydrogens is 446 g/mol. The van der Waals surface area contributed by atoms with E-state index >= 15 is 0 Å². The minimum absolute atomic E-state index is 0.123. The number of nitrogens with one attached hydrogen (secondary N) is 1. The quantitative estimate of drug-likeness (QED) is 0.588. The van der Waals surface area contributed by atoms with Gasteiger partial charge in [0, 0.05) is 25.7 Å². The molecule has 6 rings (SSSR count). The van der Waals surface area contributed by atoms with Crippen LogP contribution in [0.5, 0.6) is 0 Å². The number of carbonyl (C=O) groups excluding carboxylic acids is 3. The van der Waals surface area contributed by atoms with Gasteiger partial charge in [-0.25, -0.2) is 9.78 Å². The van der Waals surface area contributed by atoms with E-state index in [1.165, 1.54) is 4.40 Å². The average molecular weight is 472 g/mol. The number of nitrogens with zero attached hydrogens (tertiary/aromatic N) is 4. The van der Waals surface area contributed by atoms with Crippen molar-refractivity contribution < 1.29 is 14.4 Å². The maximum absolute atomic E-state index is 14.2. The summed E-state index contributed by atoms with van der Waals surface area (Å²) in [4.78, 5) is 62.1. The maximum Gasteiger partial charge on any atom is 0.330 e. The highest BCUT2D eigenvalue weighted by molar-refractivity contribution is 6.20. The van der Waals surface area contributed by atoms with Gasteiger partial charge in [-0.15, -0.1) is 0 Å². The molecule has 0 radical (unpaired) electrons. The minimum atomic E-state index is -1.66. The van der Waals surface area contributed by atoms with E-state index in [2.05, 4.69) is 5.32 Å². The van der Waals surface area contributed by atoms with Crippen molar-refractivity contribution in [2.75, 3.05) is 18.0 Å². The van der Waals surface area contributed by atoms with Crippen molar-refractivity contribution in [3.63, 3.8) is 0 Å². The molecule has 0 bridgehead atoms. The first-order valence-electron chi connectivity index (χ1n) is 12.0. The first-order valence-corrected chi connectivity index (χ1v) is 12.0. The molecule has 1 N–H and O–H groups in total. The molecule has 3 aliphatic rings. The van der Waals surface area contributed by atoms with Gasteiger partial charge < -0.3 is 4.90 Å². The van der Waals surface area contributed by atoms with Crippen molar-refractivity contribution in [3.8, 4) is 0 Å². The Morgan fingerprint density at radius 1 is 1.09 bits per heavy atom. The number of imide groups is 2. The fourth-order valence-electron chi connectivity index (χ4n) is 5.83. The van der Waals surface area contributed by atoms with Gasteiger partial charge in [0.1, 0.15) is 11.5 Å². The van der Waals surface area contributed by atoms with Crippen LogP contribution >= 0.6 is 0 Å². The highest BCUT2D eigenvalue weighted by Crippen LogP contribution is 2.52. The largest absolute Gasteiger partial charge is 0.347 e. The lowest BCUT2D eigenvalue weighted by Gasteiger charge is -2.53. The predicted molar refractivity (Wildman–Crippen MR) is 128 cm³/mol. The highest BCUT2D eigenvalue weighted by atomic mass is 16.2. The molecule has 0 saturated carbocycles. The number of pyridine rings is 1. The summed E-state index contributed by atoms with van der Waals surface area (Å²) < 4.78 is 1.44. The normalized spacial score (nSPS) is 23.2. The molecule has 3 aromatic rings. The van der Waals surface area contributed by atoms with Crippen molar-refractivity contribution in [1.29, 1.82) is 0 Å². The van der Waals surface area contributed by atoms with Crippen LogP contribution in [-0.4, -0.2) is 45.2 Å². The second-order valence-electron chi connectivity index (χ2n) is 9.41. The van der Waals surface area contributed by atoms with Crippen molar-refractivity contribution in [2.24, 2.45) is 5.41 Å². The number of hydrogen-bond donors (Lipinski definition) is 1. The number of unbranched alkanes of at least 4 members (excludes halogenated alkanes) is 1. The Kier molecular flexibility index (Phi) is 4.77. The monoisotopic (exact) mass is 471 g/mol. The molecule has 2 atom stereocenters. The Morgan fingerprint density at radius 2 is 1.89 bits per heavy atom. The van der Waals surface area contributed by atoms with Crippen LogP contribution in [0, 0.1) is 5.41 Å². The van der Waals surface area contributed by atoms with Crippen LogP contribution in [0.3, 0.4) is 0 Å². The van der Waals surface area contributed by atoms with Crippen molar-refractivity contribution in [2.45, 2.75) is 38.6 Å². The topological polar surface area (TPSA) is 104 Å². The van der Waals surface area contributed by atoms with Gasteiger partial charge in [0.25, 0.3) is 5.56 Å². The second-order valence-corrected chi connectivity index (χ2v) is 9.41. The number of urea groups is 1.